The van der Waals surface area contributed by atoms with Gasteiger partial charge in [0.1, 0.15) is 0 Å². The van der Waals surface area contributed by atoms with Gasteiger partial charge in [-0.1, -0.05) is 22.9 Å². The van der Waals surface area contributed by atoms with E-state index in [-0.39, 0.29) is 11.4 Å². The molecule has 0 rings (SSSR count). The van der Waals surface area contributed by atoms with Crippen LogP contribution in [0.15, 0.2) is 0 Å². The lowest BCUT2D eigenvalue weighted by Gasteiger charge is -2.05. The maximum atomic E-state index is 11.7. The van der Waals surface area contributed by atoms with Gasteiger partial charge in [-0.2, -0.15) is 8.78 Å². The van der Waals surface area contributed by atoms with Crippen molar-refractivity contribution in [3.8, 4) is 0 Å². The summed E-state index contributed by atoms with van der Waals surface area (Å²) in [4.78, 5) is 0.109. The Balaban J connectivity index is 3.79. The summed E-state index contributed by atoms with van der Waals surface area (Å²) in [5.74, 6) is -3.34. The maximum Gasteiger partial charge on any atom is 0.350 e. The molecule has 0 radical (unpaired) electrons. The highest BCUT2D eigenvalue weighted by Gasteiger charge is 2.22. The second kappa shape index (κ2) is 5.08. The fourth-order valence-corrected chi connectivity index (χ4v) is 1.22. The van der Waals surface area contributed by atoms with Gasteiger partial charge in [-0.3, -0.25) is 0 Å². The Morgan fingerprint density at radius 1 is 1.50 bits per heavy atom. The summed E-state index contributed by atoms with van der Waals surface area (Å²) >= 11 is 3.16. The van der Waals surface area contributed by atoms with Crippen molar-refractivity contribution >= 4 is 26.0 Å². The normalized spacial score (nSPS) is 15.1. The van der Waals surface area contributed by atoms with Gasteiger partial charge in [-0.25, -0.2) is 13.1 Å². The molecular weight excluding hydrogens is 256 g/mol. The van der Waals surface area contributed by atoms with Gasteiger partial charge in [-0.05, 0) is 6.42 Å². The second-order valence-electron chi connectivity index (χ2n) is 2.27. The van der Waals surface area contributed by atoms with Gasteiger partial charge >= 0.3 is 5.76 Å². The van der Waals surface area contributed by atoms with E-state index in [9.17, 15) is 17.2 Å². The summed E-state index contributed by atoms with van der Waals surface area (Å²) in [5, 5.41) is 0. The fourth-order valence-electron chi connectivity index (χ4n) is 0.463. The first-order valence-electron chi connectivity index (χ1n) is 3.27. The zero-order valence-electron chi connectivity index (χ0n) is 6.43. The number of hydrogen-bond donors (Lipinski definition) is 1. The summed E-state index contributed by atoms with van der Waals surface area (Å²) < 4.78 is 46.0. The van der Waals surface area contributed by atoms with E-state index in [4.69, 9.17) is 0 Å². The number of sulfonamides is 1. The third kappa shape index (κ3) is 5.00. The number of rotatable bonds is 5. The standard InChI is InChI=1S/C5H10BrF2NO2S/c1-4(6)2-3-9-12(10,11)5(7)8/h4-5,9H,2-3H2,1H3. The summed E-state index contributed by atoms with van der Waals surface area (Å²) in [7, 11) is -4.40. The van der Waals surface area contributed by atoms with Crippen molar-refractivity contribution in [2.24, 2.45) is 0 Å². The molecule has 0 aliphatic rings. The van der Waals surface area contributed by atoms with Gasteiger partial charge in [0, 0.05) is 11.4 Å². The predicted molar refractivity (Wildman–Crippen MR) is 45.9 cm³/mol. The van der Waals surface area contributed by atoms with Crippen molar-refractivity contribution < 1.29 is 17.2 Å². The van der Waals surface area contributed by atoms with E-state index in [2.05, 4.69) is 15.9 Å². The minimum Gasteiger partial charge on any atom is -0.210 e. The maximum absolute atomic E-state index is 11.7. The third-order valence-corrected chi connectivity index (χ3v) is 2.61. The summed E-state index contributed by atoms with van der Waals surface area (Å²) in [6.07, 6.45) is 0.478. The van der Waals surface area contributed by atoms with Crippen LogP contribution in [-0.2, 0) is 10.0 Å². The molecule has 1 unspecified atom stereocenters. The Morgan fingerprint density at radius 2 is 2.00 bits per heavy atom. The molecule has 0 saturated carbocycles. The molecular formula is C5H10BrF2NO2S. The Kier molecular flexibility index (Phi) is 5.19. The smallest absolute Gasteiger partial charge is 0.210 e. The molecule has 0 aromatic rings. The number of alkyl halides is 3. The molecule has 0 amide bonds. The van der Waals surface area contributed by atoms with Crippen LogP contribution in [0.25, 0.3) is 0 Å². The van der Waals surface area contributed by atoms with Crippen LogP contribution in [0.5, 0.6) is 0 Å². The molecule has 7 heteroatoms. The summed E-state index contributed by atoms with van der Waals surface area (Å²) in [6, 6.07) is 0. The Bertz CT molecular complexity index is 217. The first-order valence-corrected chi connectivity index (χ1v) is 5.73. The number of nitrogens with one attached hydrogen (secondary N) is 1. The number of halogens is 3. The molecule has 0 aliphatic carbocycles. The van der Waals surface area contributed by atoms with Gasteiger partial charge in [-0.15, -0.1) is 0 Å². The monoisotopic (exact) mass is 265 g/mol. The molecule has 0 bridgehead atoms. The Hall–Kier alpha value is 0.250. The lowest BCUT2D eigenvalue weighted by atomic mass is 10.3. The summed E-state index contributed by atoms with van der Waals surface area (Å²) in [6.45, 7) is 1.83. The van der Waals surface area contributed by atoms with Crippen LogP contribution in [0.1, 0.15) is 13.3 Å². The van der Waals surface area contributed by atoms with Crippen molar-refractivity contribution in [2.75, 3.05) is 6.54 Å². The van der Waals surface area contributed by atoms with Crippen LogP contribution in [0.2, 0.25) is 0 Å². The molecule has 0 spiro atoms. The molecule has 3 nitrogen and oxygen atoms in total. The topological polar surface area (TPSA) is 46.2 Å². The van der Waals surface area contributed by atoms with Gasteiger partial charge < -0.3 is 0 Å². The molecule has 0 aromatic heterocycles. The molecule has 1 N–H and O–H groups in total. The van der Waals surface area contributed by atoms with Crippen LogP contribution in [-0.4, -0.2) is 25.5 Å². The minimum atomic E-state index is -4.40. The Morgan fingerprint density at radius 3 is 2.33 bits per heavy atom. The number of hydrogen-bond acceptors (Lipinski definition) is 2. The minimum absolute atomic E-state index is 0.0269. The first-order chi connectivity index (χ1) is 5.36. The van der Waals surface area contributed by atoms with E-state index in [1.54, 1.807) is 11.6 Å². The average molecular weight is 266 g/mol. The van der Waals surface area contributed by atoms with Crippen molar-refractivity contribution in [1.29, 1.82) is 0 Å². The highest BCUT2D eigenvalue weighted by atomic mass is 79.9. The predicted octanol–water partition coefficient (Wildman–Crippen LogP) is 1.30. The van der Waals surface area contributed by atoms with Crippen molar-refractivity contribution in [3.63, 3.8) is 0 Å². The largest absolute Gasteiger partial charge is 0.350 e. The van der Waals surface area contributed by atoms with Crippen molar-refractivity contribution in [1.82, 2.24) is 4.72 Å². The lowest BCUT2D eigenvalue weighted by molar-refractivity contribution is 0.232. The third-order valence-electron chi connectivity index (χ3n) is 1.08. The molecule has 0 aromatic carbocycles. The highest BCUT2D eigenvalue weighted by Crippen LogP contribution is 2.04. The molecule has 0 fully saturated rings. The quantitative estimate of drug-likeness (QED) is 0.762. The van der Waals surface area contributed by atoms with Crippen molar-refractivity contribution in [3.05, 3.63) is 0 Å². The zero-order chi connectivity index (χ0) is 9.78. The average Bonchev–Trinajstić information content (AvgIpc) is 1.85. The van der Waals surface area contributed by atoms with E-state index in [1.807, 2.05) is 0 Å². The van der Waals surface area contributed by atoms with Crippen LogP contribution in [0.3, 0.4) is 0 Å². The van der Waals surface area contributed by atoms with Gasteiger partial charge in [0.05, 0.1) is 0 Å². The lowest BCUT2D eigenvalue weighted by Crippen LogP contribution is -2.30. The van der Waals surface area contributed by atoms with Crippen LogP contribution in [0, 0.1) is 0 Å². The van der Waals surface area contributed by atoms with Gasteiger partial charge in [0.25, 0.3) is 10.0 Å². The van der Waals surface area contributed by atoms with E-state index >= 15 is 0 Å². The van der Waals surface area contributed by atoms with Crippen LogP contribution >= 0.6 is 15.9 Å². The van der Waals surface area contributed by atoms with E-state index in [0.717, 1.165) is 0 Å². The van der Waals surface area contributed by atoms with Crippen LogP contribution < -0.4 is 4.72 Å². The first kappa shape index (κ1) is 12.2. The summed E-state index contributed by atoms with van der Waals surface area (Å²) in [5.41, 5.74) is 0. The van der Waals surface area contributed by atoms with Crippen LogP contribution in [0.4, 0.5) is 8.78 Å². The Labute approximate surface area is 78.7 Å². The SMILES string of the molecule is CC(Br)CCNS(=O)(=O)C(F)F. The van der Waals surface area contributed by atoms with E-state index in [0.29, 0.717) is 6.42 Å². The molecule has 12 heavy (non-hydrogen) atoms. The van der Waals surface area contributed by atoms with E-state index in [1.165, 1.54) is 0 Å². The van der Waals surface area contributed by atoms with Crippen molar-refractivity contribution in [2.45, 2.75) is 23.9 Å². The second-order valence-corrected chi connectivity index (χ2v) is 5.57. The molecule has 1 atom stereocenters. The molecule has 74 valence electrons. The highest BCUT2D eigenvalue weighted by molar-refractivity contribution is 9.09. The molecule has 0 aliphatic heterocycles. The van der Waals surface area contributed by atoms with E-state index < -0.39 is 15.8 Å². The fraction of sp³-hybridized carbons (Fsp3) is 1.00. The zero-order valence-corrected chi connectivity index (χ0v) is 8.83. The van der Waals surface area contributed by atoms with Gasteiger partial charge in [0.2, 0.25) is 0 Å². The van der Waals surface area contributed by atoms with Gasteiger partial charge in [0.15, 0.2) is 0 Å². The molecule has 0 heterocycles. The molecule has 0 saturated heterocycles.